The first-order valence-electron chi connectivity index (χ1n) is 12.9. The van der Waals surface area contributed by atoms with Gasteiger partial charge in [0.2, 0.25) is 11.8 Å². The van der Waals surface area contributed by atoms with Gasteiger partial charge in [-0.25, -0.2) is 0 Å². The molecule has 1 aliphatic heterocycles. The van der Waals surface area contributed by atoms with E-state index < -0.39 is 0 Å². The van der Waals surface area contributed by atoms with Crippen molar-refractivity contribution in [2.45, 2.75) is 70.8 Å². The fraction of sp³-hybridized carbons (Fsp3) is 0.643. The summed E-state index contributed by atoms with van der Waals surface area (Å²) in [4.78, 5) is 27.7. The first kappa shape index (κ1) is 21.7. The van der Waals surface area contributed by atoms with Gasteiger partial charge >= 0.3 is 0 Å². The molecule has 1 unspecified atom stereocenters. The van der Waals surface area contributed by atoms with Gasteiger partial charge in [-0.15, -0.1) is 0 Å². The Bertz CT molecular complexity index is 818. The van der Waals surface area contributed by atoms with E-state index >= 15 is 0 Å². The maximum absolute atomic E-state index is 13.2. The van der Waals surface area contributed by atoms with Crippen LogP contribution in [-0.4, -0.2) is 35.8 Å². The summed E-state index contributed by atoms with van der Waals surface area (Å²) in [6.45, 7) is 3.60. The predicted octanol–water partition coefficient (Wildman–Crippen LogP) is 5.05. The minimum Gasteiger partial charge on any atom is -0.353 e. The molecule has 4 heteroatoms. The molecule has 0 spiro atoms. The standard InChI is InChI=1S/C28H38N2O2/c1-2-25(28-17-21-14-22(18-28)16-23(15-21)19-28)29-27(32)24-10-12-30(13-11-24)26(31)9-8-20-6-4-3-5-7-20/h3-9,21-25H,2,10-19H2,1H3,(H,29,32)/b9-8+. The van der Waals surface area contributed by atoms with Gasteiger partial charge in [-0.3, -0.25) is 9.59 Å². The minimum atomic E-state index is 0.0418. The van der Waals surface area contributed by atoms with E-state index in [1.165, 1.54) is 38.5 Å². The number of hydrogen-bond acceptors (Lipinski definition) is 2. The third-order valence-electron chi connectivity index (χ3n) is 8.94. The fourth-order valence-electron chi connectivity index (χ4n) is 7.78. The molecule has 32 heavy (non-hydrogen) atoms. The van der Waals surface area contributed by atoms with Crippen molar-refractivity contribution in [3.63, 3.8) is 0 Å². The van der Waals surface area contributed by atoms with E-state index in [0.29, 0.717) is 24.5 Å². The summed E-state index contributed by atoms with van der Waals surface area (Å²) in [5.41, 5.74) is 1.39. The summed E-state index contributed by atoms with van der Waals surface area (Å²) >= 11 is 0. The second-order valence-corrected chi connectivity index (χ2v) is 11.1. The smallest absolute Gasteiger partial charge is 0.246 e. The van der Waals surface area contributed by atoms with Gasteiger partial charge in [0.1, 0.15) is 0 Å². The second-order valence-electron chi connectivity index (χ2n) is 11.1. The van der Waals surface area contributed by atoms with Crippen molar-refractivity contribution in [2.75, 3.05) is 13.1 Å². The van der Waals surface area contributed by atoms with E-state index in [9.17, 15) is 9.59 Å². The number of likely N-dealkylation sites (tertiary alicyclic amines) is 1. The topological polar surface area (TPSA) is 49.4 Å². The Balaban J connectivity index is 1.14. The summed E-state index contributed by atoms with van der Waals surface area (Å²) in [5, 5.41) is 3.53. The highest BCUT2D eigenvalue weighted by atomic mass is 16.2. The molecule has 6 rings (SSSR count). The van der Waals surface area contributed by atoms with Crippen LogP contribution >= 0.6 is 0 Å². The van der Waals surface area contributed by atoms with Gasteiger partial charge in [0.25, 0.3) is 0 Å². The van der Waals surface area contributed by atoms with Crippen molar-refractivity contribution in [2.24, 2.45) is 29.1 Å². The average Bonchev–Trinajstić information content (AvgIpc) is 2.80. The number of carbonyl (C=O) groups is 2. The molecular weight excluding hydrogens is 396 g/mol. The molecule has 5 fully saturated rings. The average molecular weight is 435 g/mol. The SMILES string of the molecule is CCC(NC(=O)C1CCN(C(=O)/C=C/c2ccccc2)CC1)C12CC3CC(CC(C3)C1)C2. The summed E-state index contributed by atoms with van der Waals surface area (Å²) in [7, 11) is 0. The number of nitrogens with one attached hydrogen (secondary N) is 1. The molecule has 1 heterocycles. The first-order valence-corrected chi connectivity index (χ1v) is 12.9. The Hall–Kier alpha value is -2.10. The molecule has 4 aliphatic carbocycles. The molecule has 4 nitrogen and oxygen atoms in total. The quantitative estimate of drug-likeness (QED) is 0.637. The van der Waals surface area contributed by atoms with E-state index in [1.54, 1.807) is 6.08 Å². The predicted molar refractivity (Wildman–Crippen MR) is 128 cm³/mol. The van der Waals surface area contributed by atoms with Crippen molar-refractivity contribution in [3.05, 3.63) is 42.0 Å². The maximum atomic E-state index is 13.2. The first-order chi connectivity index (χ1) is 15.5. The van der Waals surface area contributed by atoms with Crippen LogP contribution in [0.3, 0.4) is 0 Å². The number of carbonyl (C=O) groups excluding carboxylic acids is 2. The van der Waals surface area contributed by atoms with Gasteiger partial charge < -0.3 is 10.2 Å². The number of hydrogen-bond donors (Lipinski definition) is 1. The summed E-state index contributed by atoms with van der Waals surface area (Å²) < 4.78 is 0. The lowest BCUT2D eigenvalue weighted by molar-refractivity contribution is -0.135. The van der Waals surface area contributed by atoms with Crippen LogP contribution in [0.2, 0.25) is 0 Å². The van der Waals surface area contributed by atoms with Crippen LogP contribution in [0.1, 0.15) is 70.3 Å². The van der Waals surface area contributed by atoms with Crippen molar-refractivity contribution in [3.8, 4) is 0 Å². The Morgan fingerprint density at radius 3 is 2.19 bits per heavy atom. The van der Waals surface area contributed by atoms with Gasteiger partial charge in [0.15, 0.2) is 0 Å². The molecule has 4 saturated carbocycles. The molecule has 1 saturated heterocycles. The lowest BCUT2D eigenvalue weighted by Crippen LogP contribution is -2.57. The third kappa shape index (κ3) is 4.38. The molecule has 5 aliphatic rings. The molecule has 172 valence electrons. The monoisotopic (exact) mass is 434 g/mol. The third-order valence-corrected chi connectivity index (χ3v) is 8.94. The van der Waals surface area contributed by atoms with Gasteiger partial charge in [-0.2, -0.15) is 0 Å². The largest absolute Gasteiger partial charge is 0.353 e. The molecule has 0 radical (unpaired) electrons. The van der Waals surface area contributed by atoms with Crippen molar-refractivity contribution in [1.29, 1.82) is 0 Å². The zero-order chi connectivity index (χ0) is 22.1. The van der Waals surface area contributed by atoms with Crippen molar-refractivity contribution < 1.29 is 9.59 Å². The van der Waals surface area contributed by atoms with E-state index in [0.717, 1.165) is 42.6 Å². The van der Waals surface area contributed by atoms with E-state index in [-0.39, 0.29) is 17.7 Å². The van der Waals surface area contributed by atoms with Crippen LogP contribution in [0.5, 0.6) is 0 Å². The van der Waals surface area contributed by atoms with Crippen LogP contribution in [-0.2, 0) is 9.59 Å². The van der Waals surface area contributed by atoms with Crippen molar-refractivity contribution >= 4 is 17.9 Å². The summed E-state index contributed by atoms with van der Waals surface area (Å²) in [6.07, 6.45) is 14.4. The molecule has 1 atom stereocenters. The van der Waals surface area contributed by atoms with E-state index in [2.05, 4.69) is 12.2 Å². The highest BCUT2D eigenvalue weighted by Gasteiger charge is 2.54. The van der Waals surface area contributed by atoms with Crippen LogP contribution in [0.4, 0.5) is 0 Å². The number of rotatable bonds is 6. The lowest BCUT2D eigenvalue weighted by Gasteiger charge is -2.59. The maximum Gasteiger partial charge on any atom is 0.246 e. The highest BCUT2D eigenvalue weighted by molar-refractivity contribution is 5.92. The van der Waals surface area contributed by atoms with Crippen LogP contribution < -0.4 is 5.32 Å². The molecular formula is C28H38N2O2. The van der Waals surface area contributed by atoms with Gasteiger partial charge in [-0.1, -0.05) is 37.3 Å². The zero-order valence-electron chi connectivity index (χ0n) is 19.5. The van der Waals surface area contributed by atoms with Gasteiger partial charge in [0.05, 0.1) is 0 Å². The molecule has 0 aromatic heterocycles. The second kappa shape index (κ2) is 9.03. The zero-order valence-corrected chi connectivity index (χ0v) is 19.5. The highest BCUT2D eigenvalue weighted by Crippen LogP contribution is 2.61. The summed E-state index contributed by atoms with van der Waals surface area (Å²) in [6, 6.07) is 10.2. The van der Waals surface area contributed by atoms with Gasteiger partial charge in [-0.05, 0) is 92.6 Å². The fourth-order valence-corrected chi connectivity index (χ4v) is 7.78. The number of amides is 2. The van der Waals surface area contributed by atoms with E-state index in [1.807, 2.05) is 41.3 Å². The Labute approximate surface area is 192 Å². The number of nitrogens with zero attached hydrogens (tertiary/aromatic N) is 1. The molecule has 1 aromatic carbocycles. The Morgan fingerprint density at radius 1 is 1.03 bits per heavy atom. The molecule has 1 N–H and O–H groups in total. The normalized spacial score (nSPS) is 32.9. The number of piperidine rings is 1. The minimum absolute atomic E-state index is 0.0418. The van der Waals surface area contributed by atoms with E-state index in [4.69, 9.17) is 0 Å². The molecule has 1 aromatic rings. The lowest BCUT2D eigenvalue weighted by atomic mass is 9.47. The van der Waals surface area contributed by atoms with Crippen LogP contribution in [0, 0.1) is 29.1 Å². The number of benzene rings is 1. The van der Waals surface area contributed by atoms with Gasteiger partial charge in [0, 0.05) is 31.1 Å². The molecule has 4 bridgehead atoms. The Kier molecular flexibility index (Phi) is 6.14. The van der Waals surface area contributed by atoms with Crippen LogP contribution in [0.25, 0.3) is 6.08 Å². The summed E-state index contributed by atoms with van der Waals surface area (Å²) in [5.74, 6) is 3.05. The molecule has 2 amide bonds. The Morgan fingerprint density at radius 2 is 1.62 bits per heavy atom. The van der Waals surface area contributed by atoms with Crippen LogP contribution in [0.15, 0.2) is 36.4 Å². The van der Waals surface area contributed by atoms with Crippen molar-refractivity contribution in [1.82, 2.24) is 10.2 Å².